The van der Waals surface area contributed by atoms with Crippen LogP contribution < -0.4 is 5.32 Å². The standard InChI is InChI=1S/C15H19N3S/c1-2-7-14-13(6-1)15(18-11-17-14)19-10-8-12-5-3-4-9-16-12/h1-2,6-7,11-12,16H,3-5,8-10H2. The molecule has 1 unspecified atom stereocenters. The van der Waals surface area contributed by atoms with Gasteiger partial charge in [0.2, 0.25) is 0 Å². The number of nitrogens with zero attached hydrogens (tertiary/aromatic N) is 2. The Balaban J connectivity index is 1.62. The maximum atomic E-state index is 4.42. The van der Waals surface area contributed by atoms with E-state index in [2.05, 4.69) is 27.4 Å². The van der Waals surface area contributed by atoms with Gasteiger partial charge in [-0.15, -0.1) is 11.8 Å². The zero-order valence-corrected chi connectivity index (χ0v) is 11.8. The van der Waals surface area contributed by atoms with Gasteiger partial charge in [-0.2, -0.15) is 0 Å². The second-order valence-electron chi connectivity index (χ2n) is 4.98. The Bertz CT molecular complexity index is 532. The van der Waals surface area contributed by atoms with Crippen LogP contribution in [-0.2, 0) is 0 Å². The van der Waals surface area contributed by atoms with E-state index in [0.29, 0.717) is 6.04 Å². The van der Waals surface area contributed by atoms with Crippen LogP contribution in [0, 0.1) is 0 Å². The highest BCUT2D eigenvalue weighted by atomic mass is 32.2. The fourth-order valence-electron chi connectivity index (χ4n) is 2.56. The lowest BCUT2D eigenvalue weighted by Crippen LogP contribution is -2.34. The summed E-state index contributed by atoms with van der Waals surface area (Å²) in [6, 6.07) is 8.93. The minimum absolute atomic E-state index is 0.703. The lowest BCUT2D eigenvalue weighted by atomic mass is 10.0. The molecule has 1 atom stereocenters. The number of thioether (sulfide) groups is 1. The van der Waals surface area contributed by atoms with Gasteiger partial charge in [-0.05, 0) is 31.9 Å². The van der Waals surface area contributed by atoms with Gasteiger partial charge in [0.1, 0.15) is 11.4 Å². The van der Waals surface area contributed by atoms with Crippen molar-refractivity contribution >= 4 is 22.7 Å². The van der Waals surface area contributed by atoms with Crippen LogP contribution >= 0.6 is 11.8 Å². The van der Waals surface area contributed by atoms with Crippen LogP contribution in [0.15, 0.2) is 35.6 Å². The summed E-state index contributed by atoms with van der Waals surface area (Å²) in [5, 5.41) is 5.88. The Labute approximate surface area is 118 Å². The van der Waals surface area contributed by atoms with Crippen molar-refractivity contribution in [3.05, 3.63) is 30.6 Å². The Morgan fingerprint density at radius 1 is 1.21 bits per heavy atom. The number of benzene rings is 1. The second-order valence-corrected chi connectivity index (χ2v) is 6.06. The summed E-state index contributed by atoms with van der Waals surface area (Å²) in [4.78, 5) is 8.72. The summed E-state index contributed by atoms with van der Waals surface area (Å²) in [5.41, 5.74) is 1.04. The van der Waals surface area contributed by atoms with Crippen molar-refractivity contribution in [3.8, 4) is 0 Å². The third-order valence-corrected chi connectivity index (χ3v) is 4.66. The van der Waals surface area contributed by atoms with Gasteiger partial charge in [-0.1, -0.05) is 24.6 Å². The first-order chi connectivity index (χ1) is 9.43. The van der Waals surface area contributed by atoms with E-state index < -0.39 is 0 Å². The fraction of sp³-hybridized carbons (Fsp3) is 0.467. The first kappa shape index (κ1) is 12.9. The van der Waals surface area contributed by atoms with Gasteiger partial charge in [-0.3, -0.25) is 0 Å². The van der Waals surface area contributed by atoms with Gasteiger partial charge < -0.3 is 5.32 Å². The molecule has 0 amide bonds. The van der Waals surface area contributed by atoms with Crippen molar-refractivity contribution in [2.75, 3.05) is 12.3 Å². The predicted molar refractivity (Wildman–Crippen MR) is 80.5 cm³/mol. The van der Waals surface area contributed by atoms with Gasteiger partial charge in [0.15, 0.2) is 0 Å². The molecule has 1 aliphatic heterocycles. The van der Waals surface area contributed by atoms with E-state index in [1.54, 1.807) is 6.33 Å². The van der Waals surface area contributed by atoms with Crippen LogP contribution in [0.4, 0.5) is 0 Å². The highest BCUT2D eigenvalue weighted by molar-refractivity contribution is 7.99. The average Bonchev–Trinajstić information content (AvgIpc) is 2.49. The third kappa shape index (κ3) is 3.25. The van der Waals surface area contributed by atoms with Gasteiger partial charge in [0, 0.05) is 17.2 Å². The van der Waals surface area contributed by atoms with Crippen LogP contribution in [-0.4, -0.2) is 28.3 Å². The summed E-state index contributed by atoms with van der Waals surface area (Å²) in [6.07, 6.45) is 6.93. The largest absolute Gasteiger partial charge is 0.314 e. The predicted octanol–water partition coefficient (Wildman–Crippen LogP) is 3.25. The smallest absolute Gasteiger partial charge is 0.117 e. The lowest BCUT2D eigenvalue weighted by molar-refractivity contribution is 0.395. The molecule has 0 radical (unpaired) electrons. The molecule has 100 valence electrons. The fourth-order valence-corrected chi connectivity index (χ4v) is 3.61. The second kappa shape index (κ2) is 6.35. The van der Waals surface area contributed by atoms with Crippen molar-refractivity contribution in [1.82, 2.24) is 15.3 Å². The van der Waals surface area contributed by atoms with Crippen LogP contribution in [0.5, 0.6) is 0 Å². The Morgan fingerprint density at radius 2 is 2.16 bits per heavy atom. The summed E-state index contributed by atoms with van der Waals surface area (Å²) < 4.78 is 0. The number of para-hydroxylation sites is 1. The van der Waals surface area contributed by atoms with E-state index in [1.807, 2.05) is 23.9 Å². The number of hydrogen-bond acceptors (Lipinski definition) is 4. The zero-order valence-electron chi connectivity index (χ0n) is 11.0. The molecule has 1 aliphatic rings. The van der Waals surface area contributed by atoms with Crippen molar-refractivity contribution in [3.63, 3.8) is 0 Å². The van der Waals surface area contributed by atoms with Crippen LogP contribution in [0.3, 0.4) is 0 Å². The van der Waals surface area contributed by atoms with Crippen molar-refractivity contribution in [2.45, 2.75) is 36.8 Å². The lowest BCUT2D eigenvalue weighted by Gasteiger charge is -2.23. The first-order valence-corrected chi connectivity index (χ1v) is 7.98. The number of nitrogens with one attached hydrogen (secondary N) is 1. The summed E-state index contributed by atoms with van der Waals surface area (Å²) in [7, 11) is 0. The van der Waals surface area contributed by atoms with E-state index >= 15 is 0 Å². The summed E-state index contributed by atoms with van der Waals surface area (Å²) in [6.45, 7) is 1.19. The van der Waals surface area contributed by atoms with Crippen molar-refractivity contribution < 1.29 is 0 Å². The van der Waals surface area contributed by atoms with Crippen LogP contribution in [0.25, 0.3) is 10.9 Å². The SMILES string of the molecule is c1ccc2c(SCCC3CCCCN3)ncnc2c1. The molecule has 3 rings (SSSR count). The first-order valence-electron chi connectivity index (χ1n) is 6.99. The molecule has 4 heteroatoms. The molecule has 1 N–H and O–H groups in total. The Kier molecular flexibility index (Phi) is 4.30. The maximum Gasteiger partial charge on any atom is 0.117 e. The molecule has 2 aromatic rings. The topological polar surface area (TPSA) is 37.8 Å². The maximum absolute atomic E-state index is 4.42. The Hall–Kier alpha value is -1.13. The van der Waals surface area contributed by atoms with Crippen LogP contribution in [0.1, 0.15) is 25.7 Å². The van der Waals surface area contributed by atoms with Crippen molar-refractivity contribution in [2.24, 2.45) is 0 Å². The molecule has 3 nitrogen and oxygen atoms in total. The number of hydrogen-bond donors (Lipinski definition) is 1. The molecule has 19 heavy (non-hydrogen) atoms. The molecule has 1 aromatic heterocycles. The Morgan fingerprint density at radius 3 is 3.05 bits per heavy atom. The molecule has 0 spiro atoms. The monoisotopic (exact) mass is 273 g/mol. The molecule has 0 bridgehead atoms. The highest BCUT2D eigenvalue weighted by Crippen LogP contribution is 2.25. The van der Waals surface area contributed by atoms with Crippen LogP contribution in [0.2, 0.25) is 0 Å². The van der Waals surface area contributed by atoms with Gasteiger partial charge >= 0.3 is 0 Å². The molecule has 1 saturated heterocycles. The van der Waals surface area contributed by atoms with Gasteiger partial charge in [0.25, 0.3) is 0 Å². The molecular formula is C15H19N3S. The number of fused-ring (bicyclic) bond motifs is 1. The normalized spacial score (nSPS) is 19.7. The third-order valence-electron chi connectivity index (χ3n) is 3.62. The quantitative estimate of drug-likeness (QED) is 0.685. The zero-order chi connectivity index (χ0) is 12.9. The molecule has 0 saturated carbocycles. The summed E-state index contributed by atoms with van der Waals surface area (Å²) in [5.74, 6) is 1.12. The number of aromatic nitrogens is 2. The van der Waals surface area contributed by atoms with E-state index in [1.165, 1.54) is 37.6 Å². The van der Waals surface area contributed by atoms with E-state index in [4.69, 9.17) is 0 Å². The van der Waals surface area contributed by atoms with Crippen molar-refractivity contribution in [1.29, 1.82) is 0 Å². The van der Waals surface area contributed by atoms with E-state index in [-0.39, 0.29) is 0 Å². The molecule has 1 fully saturated rings. The van der Waals surface area contributed by atoms with Gasteiger partial charge in [0.05, 0.1) is 5.52 Å². The minimum Gasteiger partial charge on any atom is -0.314 e. The number of rotatable bonds is 4. The summed E-state index contributed by atoms with van der Waals surface area (Å²) >= 11 is 1.85. The van der Waals surface area contributed by atoms with Gasteiger partial charge in [-0.25, -0.2) is 9.97 Å². The molecular weight excluding hydrogens is 254 g/mol. The van der Waals surface area contributed by atoms with E-state index in [9.17, 15) is 0 Å². The highest BCUT2D eigenvalue weighted by Gasteiger charge is 2.12. The minimum atomic E-state index is 0.703. The molecule has 1 aromatic carbocycles. The van der Waals surface area contributed by atoms with E-state index in [0.717, 1.165) is 16.3 Å². The molecule has 0 aliphatic carbocycles. The number of piperidine rings is 1. The molecule has 2 heterocycles. The average molecular weight is 273 g/mol.